The summed E-state index contributed by atoms with van der Waals surface area (Å²) in [5, 5.41) is 21.8. The number of likely N-dealkylation sites (tertiary alicyclic amines) is 1. The summed E-state index contributed by atoms with van der Waals surface area (Å²) >= 11 is 0. The van der Waals surface area contributed by atoms with Crippen LogP contribution in [0, 0.1) is 11.8 Å². The van der Waals surface area contributed by atoms with Gasteiger partial charge in [-0.25, -0.2) is 4.98 Å². The monoisotopic (exact) mass is 627 g/mol. The van der Waals surface area contributed by atoms with E-state index >= 15 is 0 Å². The molecule has 0 bridgehead atoms. The molecular weight excluding hydrogens is 574 g/mol. The van der Waals surface area contributed by atoms with Gasteiger partial charge in [0.15, 0.2) is 0 Å². The molecule has 248 valence electrons. The molecule has 6 rings (SSSR count). The maximum Gasteiger partial charge on any atom is 0.306 e. The zero-order chi connectivity index (χ0) is 32.0. The number of rotatable bonds is 12. The van der Waals surface area contributed by atoms with Crippen LogP contribution in [-0.2, 0) is 24.7 Å². The molecule has 1 aliphatic heterocycles. The summed E-state index contributed by atoms with van der Waals surface area (Å²) < 4.78 is 1.90. The van der Waals surface area contributed by atoms with Crippen LogP contribution in [-0.4, -0.2) is 60.9 Å². The van der Waals surface area contributed by atoms with E-state index in [-0.39, 0.29) is 18.0 Å². The highest BCUT2D eigenvalue weighted by Crippen LogP contribution is 2.38. The maximum atomic E-state index is 11.6. The lowest BCUT2D eigenvalue weighted by molar-refractivity contribution is -0.143. The van der Waals surface area contributed by atoms with Crippen molar-refractivity contribution in [2.24, 2.45) is 18.9 Å². The minimum absolute atomic E-state index is 0.0538. The van der Waals surface area contributed by atoms with Crippen molar-refractivity contribution < 1.29 is 9.90 Å². The minimum atomic E-state index is -0.653. The minimum Gasteiger partial charge on any atom is -0.481 e. The number of aliphatic carboxylic acids is 1. The van der Waals surface area contributed by atoms with E-state index in [1.54, 1.807) is 0 Å². The predicted molar refractivity (Wildman–Crippen MR) is 183 cm³/mol. The van der Waals surface area contributed by atoms with Gasteiger partial charge >= 0.3 is 5.97 Å². The van der Waals surface area contributed by atoms with Gasteiger partial charge in [-0.3, -0.25) is 14.4 Å². The molecule has 1 saturated carbocycles. The van der Waals surface area contributed by atoms with E-state index < -0.39 is 5.97 Å². The van der Waals surface area contributed by atoms with Crippen LogP contribution in [0.15, 0.2) is 42.7 Å². The summed E-state index contributed by atoms with van der Waals surface area (Å²) in [5.41, 5.74) is 4.94. The lowest BCUT2D eigenvalue weighted by Crippen LogP contribution is -2.42. The second-order valence-corrected chi connectivity index (χ2v) is 14.0. The van der Waals surface area contributed by atoms with E-state index in [1.165, 1.54) is 42.4 Å². The number of nitrogens with one attached hydrogen (secondary N) is 2. The lowest BCUT2D eigenvalue weighted by Gasteiger charge is -2.38. The van der Waals surface area contributed by atoms with Gasteiger partial charge in [0.05, 0.1) is 23.9 Å². The van der Waals surface area contributed by atoms with Crippen LogP contribution in [0.5, 0.6) is 0 Å². The number of aromatic nitrogens is 4. The highest BCUT2D eigenvalue weighted by molar-refractivity contribution is 5.70. The van der Waals surface area contributed by atoms with E-state index in [1.807, 2.05) is 17.9 Å². The number of benzene rings is 1. The molecule has 9 nitrogen and oxygen atoms in total. The van der Waals surface area contributed by atoms with Crippen molar-refractivity contribution >= 4 is 17.7 Å². The summed E-state index contributed by atoms with van der Waals surface area (Å²) in [7, 11) is 1.99. The van der Waals surface area contributed by atoms with Crippen LogP contribution in [0.3, 0.4) is 0 Å². The van der Waals surface area contributed by atoms with Crippen LogP contribution in [0.2, 0.25) is 0 Å². The van der Waals surface area contributed by atoms with Crippen LogP contribution in [0.25, 0.3) is 0 Å². The van der Waals surface area contributed by atoms with E-state index in [2.05, 4.69) is 71.0 Å². The van der Waals surface area contributed by atoms with Crippen LogP contribution in [0.1, 0.15) is 112 Å². The van der Waals surface area contributed by atoms with Crippen molar-refractivity contribution in [2.45, 2.75) is 115 Å². The van der Waals surface area contributed by atoms with E-state index in [0.717, 1.165) is 76.0 Å². The average molecular weight is 628 g/mol. The normalized spacial score (nSPS) is 24.9. The molecule has 3 heterocycles. The highest BCUT2D eigenvalue weighted by atomic mass is 16.4. The van der Waals surface area contributed by atoms with Gasteiger partial charge < -0.3 is 15.7 Å². The molecule has 2 fully saturated rings. The van der Waals surface area contributed by atoms with Crippen molar-refractivity contribution in [1.29, 1.82) is 0 Å². The topological polar surface area (TPSA) is 108 Å². The van der Waals surface area contributed by atoms with Gasteiger partial charge in [-0.1, -0.05) is 50.6 Å². The van der Waals surface area contributed by atoms with Crippen LogP contribution >= 0.6 is 0 Å². The smallest absolute Gasteiger partial charge is 0.306 e. The number of carboxylic acids is 1. The molecule has 3 aliphatic rings. The Hall–Kier alpha value is -3.46. The molecule has 46 heavy (non-hydrogen) atoms. The number of fused-ring (bicyclic) bond motifs is 1. The molecule has 4 atom stereocenters. The molecule has 0 unspecified atom stereocenters. The molecule has 1 aromatic carbocycles. The molecule has 3 aromatic rings. The van der Waals surface area contributed by atoms with Crippen molar-refractivity contribution in [3.05, 3.63) is 65.1 Å². The first kappa shape index (κ1) is 32.5. The standard InChI is InChI=1S/C37H53N7O2/c1-4-30-13-9-10-20-44(30)24-34(29-22-38-43(3)23-29)39-35-31-21-28(25-11-7-6-8-12-25)18-19-33(31)41-37(42-35)40-32(5-2)26-14-16-27(17-15-26)36(45)46/h6-8,11-12,22-23,26-28,30,32,34H,4-5,9-10,13-21,24H2,1-3H3,(H,45,46)(H2,39,40,41,42)/t26?,27?,28-,30-,32-,34+/m1/s1. The zero-order valence-electron chi connectivity index (χ0n) is 28.0. The molecule has 0 radical (unpaired) electrons. The van der Waals surface area contributed by atoms with Crippen molar-refractivity contribution in [3.63, 3.8) is 0 Å². The second-order valence-electron chi connectivity index (χ2n) is 14.0. The van der Waals surface area contributed by atoms with E-state index in [9.17, 15) is 9.90 Å². The molecule has 3 N–H and O–H groups in total. The Morgan fingerprint density at radius 2 is 1.83 bits per heavy atom. The number of piperidine rings is 1. The average Bonchev–Trinajstić information content (AvgIpc) is 3.53. The van der Waals surface area contributed by atoms with E-state index in [0.29, 0.717) is 23.8 Å². The lowest BCUT2D eigenvalue weighted by atomic mass is 9.78. The van der Waals surface area contributed by atoms with Crippen LogP contribution < -0.4 is 10.6 Å². The Bertz CT molecular complexity index is 1430. The van der Waals surface area contributed by atoms with Crippen molar-refractivity contribution in [1.82, 2.24) is 24.6 Å². The molecule has 9 heteroatoms. The summed E-state index contributed by atoms with van der Waals surface area (Å²) in [6.07, 6.45) is 16.3. The number of carbonyl (C=O) groups is 1. The summed E-state index contributed by atoms with van der Waals surface area (Å²) in [5.74, 6) is 1.64. The Labute approximate surface area is 274 Å². The van der Waals surface area contributed by atoms with Gasteiger partial charge in [-0.15, -0.1) is 0 Å². The Balaban J connectivity index is 1.31. The van der Waals surface area contributed by atoms with E-state index in [4.69, 9.17) is 9.97 Å². The quantitative estimate of drug-likeness (QED) is 0.197. The molecule has 0 spiro atoms. The number of anilines is 2. The Morgan fingerprint density at radius 1 is 1.02 bits per heavy atom. The molecule has 2 aliphatic carbocycles. The van der Waals surface area contributed by atoms with Gasteiger partial charge in [-0.2, -0.15) is 10.1 Å². The first-order valence-electron chi connectivity index (χ1n) is 17.8. The number of hydrogen-bond acceptors (Lipinski definition) is 7. The third kappa shape index (κ3) is 7.56. The van der Waals surface area contributed by atoms with Gasteiger partial charge in [-0.05, 0) is 94.6 Å². The van der Waals surface area contributed by atoms with Gasteiger partial charge in [0.1, 0.15) is 5.82 Å². The maximum absolute atomic E-state index is 11.6. The Morgan fingerprint density at radius 3 is 2.52 bits per heavy atom. The van der Waals surface area contributed by atoms with Gasteiger partial charge in [0.25, 0.3) is 0 Å². The molecular formula is C37H53N7O2. The fourth-order valence-corrected chi connectivity index (χ4v) is 8.31. The highest BCUT2D eigenvalue weighted by Gasteiger charge is 2.32. The summed E-state index contributed by atoms with van der Waals surface area (Å²) in [6, 6.07) is 11.8. The second kappa shape index (κ2) is 15.0. The molecule has 1 saturated heterocycles. The fourth-order valence-electron chi connectivity index (χ4n) is 8.31. The van der Waals surface area contributed by atoms with Crippen molar-refractivity contribution in [3.8, 4) is 0 Å². The first-order chi connectivity index (χ1) is 22.4. The largest absolute Gasteiger partial charge is 0.481 e. The van der Waals surface area contributed by atoms with Crippen LogP contribution in [0.4, 0.5) is 11.8 Å². The number of hydrogen-bond donors (Lipinski definition) is 3. The number of nitrogens with zero attached hydrogens (tertiary/aromatic N) is 5. The fraction of sp³-hybridized carbons (Fsp3) is 0.622. The first-order valence-corrected chi connectivity index (χ1v) is 17.8. The number of carboxylic acid groups (broad SMARTS) is 1. The summed E-state index contributed by atoms with van der Waals surface area (Å²) in [6.45, 7) is 6.57. The zero-order valence-corrected chi connectivity index (χ0v) is 28.0. The Kier molecular flexibility index (Phi) is 10.6. The third-order valence-corrected chi connectivity index (χ3v) is 11.1. The van der Waals surface area contributed by atoms with Crippen molar-refractivity contribution in [2.75, 3.05) is 23.7 Å². The third-order valence-electron chi connectivity index (χ3n) is 11.1. The summed E-state index contributed by atoms with van der Waals surface area (Å²) in [4.78, 5) is 24.7. The number of aryl methyl sites for hydroxylation is 2. The van der Waals surface area contributed by atoms with Gasteiger partial charge in [0, 0.05) is 43.0 Å². The molecule has 0 amide bonds. The predicted octanol–water partition coefficient (Wildman–Crippen LogP) is 6.98. The van der Waals surface area contributed by atoms with Gasteiger partial charge in [0.2, 0.25) is 5.95 Å². The molecule has 2 aromatic heterocycles. The SMILES string of the molecule is CC[C@@H]1CCCCN1C[C@H](Nc1nc(N[C@H](CC)C2CCC(C(=O)O)CC2)nc2c1C[C@H](c1ccccc1)CC2)c1cnn(C)c1.